The first kappa shape index (κ1) is 13.8. The van der Waals surface area contributed by atoms with Gasteiger partial charge in [-0.15, -0.1) is 0 Å². The molecule has 8 heteroatoms. The number of phenolic OH excluding ortho intramolecular Hbond substituents is 1. The van der Waals surface area contributed by atoms with Crippen LogP contribution in [0.25, 0.3) is 11.0 Å². The lowest BCUT2D eigenvalue weighted by atomic mass is 10.2. The maximum atomic E-state index is 12.4. The van der Waals surface area contributed by atoms with Crippen molar-refractivity contribution in [3.8, 4) is 11.5 Å². The quantitative estimate of drug-likeness (QED) is 0.745. The third kappa shape index (κ3) is 2.67. The molecule has 0 radical (unpaired) electrons. The number of aromatic hydroxyl groups is 1. The average Bonchev–Trinajstić information content (AvgIpc) is 2.84. The van der Waals surface area contributed by atoms with Crippen molar-refractivity contribution in [1.82, 2.24) is 8.75 Å². The normalized spacial score (nSPS) is 11.7. The molecule has 0 unspecified atom stereocenters. The van der Waals surface area contributed by atoms with E-state index in [0.29, 0.717) is 11.1 Å². The van der Waals surface area contributed by atoms with E-state index < -0.39 is 10.1 Å². The van der Waals surface area contributed by atoms with Crippen LogP contribution in [0.5, 0.6) is 11.5 Å². The van der Waals surface area contributed by atoms with Crippen LogP contribution in [-0.2, 0) is 10.1 Å². The summed E-state index contributed by atoms with van der Waals surface area (Å²) >= 11 is 0.934. The van der Waals surface area contributed by atoms with Crippen molar-refractivity contribution in [1.29, 1.82) is 0 Å². The number of hydrogen-bond donors (Lipinski definition) is 1. The maximum Gasteiger partial charge on any atom is 0.341 e. The smallest absolute Gasteiger partial charge is 0.341 e. The van der Waals surface area contributed by atoms with Crippen LogP contribution in [0.2, 0.25) is 0 Å². The minimum absolute atomic E-state index is 0.0465. The zero-order chi connectivity index (χ0) is 15.0. The van der Waals surface area contributed by atoms with Crippen LogP contribution in [-0.4, -0.2) is 22.3 Å². The van der Waals surface area contributed by atoms with Gasteiger partial charge >= 0.3 is 10.1 Å². The summed E-state index contributed by atoms with van der Waals surface area (Å²) in [5, 5.41) is 9.50. The Hall–Kier alpha value is -2.19. The lowest BCUT2D eigenvalue weighted by molar-refractivity contribution is 0.463. The van der Waals surface area contributed by atoms with E-state index in [1.54, 1.807) is 19.1 Å². The fourth-order valence-corrected chi connectivity index (χ4v) is 3.61. The summed E-state index contributed by atoms with van der Waals surface area (Å²) in [4.78, 5) is -0.0465. The van der Waals surface area contributed by atoms with Crippen LogP contribution in [0.3, 0.4) is 0 Å². The molecular weight excluding hydrogens is 312 g/mol. The van der Waals surface area contributed by atoms with Crippen molar-refractivity contribution >= 4 is 32.9 Å². The van der Waals surface area contributed by atoms with Gasteiger partial charge in [0.05, 0.1) is 11.7 Å². The summed E-state index contributed by atoms with van der Waals surface area (Å²) in [6.07, 6.45) is 0. The number of hydrogen-bond acceptors (Lipinski definition) is 7. The molecule has 0 saturated heterocycles. The molecule has 6 nitrogen and oxygen atoms in total. The molecule has 0 aliphatic rings. The average molecular weight is 322 g/mol. The third-order valence-electron chi connectivity index (χ3n) is 2.76. The molecule has 3 rings (SSSR count). The highest BCUT2D eigenvalue weighted by Crippen LogP contribution is 2.27. The molecule has 1 N–H and O–H groups in total. The standard InChI is InChI=1S/C13H10N2O4S2/c1-8-5-9(16)7-10(6-8)19-21(17,18)12-4-2-3-11-13(12)15-20-14-11/h2-7,16H,1H3. The molecule has 0 saturated carbocycles. The first-order valence-electron chi connectivity index (χ1n) is 5.92. The molecule has 0 spiro atoms. The summed E-state index contributed by atoms with van der Waals surface area (Å²) < 4.78 is 37.8. The minimum Gasteiger partial charge on any atom is -0.508 e. The molecule has 1 aromatic heterocycles. The molecule has 0 aliphatic heterocycles. The Labute approximate surface area is 125 Å². The number of nitrogens with zero attached hydrogens (tertiary/aromatic N) is 2. The molecule has 0 amide bonds. The van der Waals surface area contributed by atoms with Crippen molar-refractivity contribution in [3.63, 3.8) is 0 Å². The number of fused-ring (bicyclic) bond motifs is 1. The Balaban J connectivity index is 2.06. The van der Waals surface area contributed by atoms with Gasteiger partial charge in [0.25, 0.3) is 0 Å². The summed E-state index contributed by atoms with van der Waals surface area (Å²) in [6, 6.07) is 8.93. The summed E-state index contributed by atoms with van der Waals surface area (Å²) in [5.41, 5.74) is 1.46. The molecule has 2 aromatic carbocycles. The van der Waals surface area contributed by atoms with Gasteiger partial charge in [0, 0.05) is 6.07 Å². The Morgan fingerprint density at radius 3 is 2.76 bits per heavy atom. The Morgan fingerprint density at radius 2 is 2.00 bits per heavy atom. The van der Waals surface area contributed by atoms with Gasteiger partial charge < -0.3 is 9.29 Å². The number of benzene rings is 2. The Kier molecular flexibility index (Phi) is 3.26. The summed E-state index contributed by atoms with van der Waals surface area (Å²) in [7, 11) is -4.05. The highest BCUT2D eigenvalue weighted by atomic mass is 32.2. The second kappa shape index (κ2) is 4.97. The lowest BCUT2D eigenvalue weighted by Crippen LogP contribution is -2.10. The van der Waals surface area contributed by atoms with Crippen LogP contribution >= 0.6 is 11.7 Å². The van der Waals surface area contributed by atoms with Gasteiger partial charge in [-0.1, -0.05) is 6.07 Å². The number of rotatable bonds is 3. The maximum absolute atomic E-state index is 12.4. The molecule has 0 bridgehead atoms. The SMILES string of the molecule is Cc1cc(O)cc(OS(=O)(=O)c2cccc3nsnc23)c1. The molecule has 3 aromatic rings. The predicted octanol–water partition coefficient (Wildman–Crippen LogP) is 2.47. The fourth-order valence-electron chi connectivity index (χ4n) is 1.93. The van der Waals surface area contributed by atoms with Crippen molar-refractivity contribution in [2.24, 2.45) is 0 Å². The van der Waals surface area contributed by atoms with E-state index in [-0.39, 0.29) is 21.9 Å². The van der Waals surface area contributed by atoms with Crippen LogP contribution in [0.1, 0.15) is 5.56 Å². The van der Waals surface area contributed by atoms with Gasteiger partial charge in [0.2, 0.25) is 0 Å². The Morgan fingerprint density at radius 1 is 1.19 bits per heavy atom. The van der Waals surface area contributed by atoms with Gasteiger partial charge in [0.1, 0.15) is 27.4 Å². The van der Waals surface area contributed by atoms with Crippen molar-refractivity contribution in [2.45, 2.75) is 11.8 Å². The summed E-state index contributed by atoms with van der Waals surface area (Å²) in [6.45, 7) is 1.73. The van der Waals surface area contributed by atoms with Crippen LogP contribution < -0.4 is 4.18 Å². The van der Waals surface area contributed by atoms with Gasteiger partial charge in [-0.3, -0.25) is 0 Å². The van der Waals surface area contributed by atoms with Gasteiger partial charge in [-0.2, -0.15) is 17.2 Å². The van der Waals surface area contributed by atoms with E-state index >= 15 is 0 Å². The highest BCUT2D eigenvalue weighted by molar-refractivity contribution is 7.87. The topological polar surface area (TPSA) is 89.4 Å². The van der Waals surface area contributed by atoms with E-state index in [1.807, 2.05) is 0 Å². The van der Waals surface area contributed by atoms with Crippen molar-refractivity contribution in [3.05, 3.63) is 42.0 Å². The summed E-state index contributed by atoms with van der Waals surface area (Å²) in [5.74, 6) is -0.0126. The van der Waals surface area contributed by atoms with E-state index in [0.717, 1.165) is 11.7 Å². The van der Waals surface area contributed by atoms with Gasteiger partial charge in [-0.05, 0) is 36.8 Å². The van der Waals surface area contributed by atoms with Gasteiger partial charge in [-0.25, -0.2) is 0 Å². The van der Waals surface area contributed by atoms with Crippen molar-refractivity contribution < 1.29 is 17.7 Å². The van der Waals surface area contributed by atoms with E-state index in [2.05, 4.69) is 8.75 Å². The molecule has 1 heterocycles. The molecule has 108 valence electrons. The number of aromatic nitrogens is 2. The lowest BCUT2D eigenvalue weighted by Gasteiger charge is -2.08. The molecule has 0 fully saturated rings. The molecule has 21 heavy (non-hydrogen) atoms. The van der Waals surface area contributed by atoms with E-state index in [4.69, 9.17) is 4.18 Å². The largest absolute Gasteiger partial charge is 0.508 e. The van der Waals surface area contributed by atoms with Crippen LogP contribution in [0.15, 0.2) is 41.3 Å². The first-order valence-corrected chi connectivity index (χ1v) is 8.06. The number of aryl methyl sites for hydroxylation is 1. The van der Waals surface area contributed by atoms with Gasteiger partial charge in [0.15, 0.2) is 0 Å². The Bertz CT molecular complexity index is 899. The van der Waals surface area contributed by atoms with E-state index in [1.165, 1.54) is 24.3 Å². The van der Waals surface area contributed by atoms with Crippen LogP contribution in [0.4, 0.5) is 0 Å². The molecule has 0 aliphatic carbocycles. The van der Waals surface area contributed by atoms with E-state index in [9.17, 15) is 13.5 Å². The van der Waals surface area contributed by atoms with Crippen molar-refractivity contribution in [2.75, 3.05) is 0 Å². The highest BCUT2D eigenvalue weighted by Gasteiger charge is 2.22. The minimum atomic E-state index is -4.05. The second-order valence-electron chi connectivity index (χ2n) is 4.43. The second-order valence-corrected chi connectivity index (χ2v) is 6.47. The molecular formula is C13H10N2O4S2. The molecule has 0 atom stereocenters. The zero-order valence-electron chi connectivity index (χ0n) is 10.8. The number of phenols is 1. The first-order chi connectivity index (χ1) is 9.95. The third-order valence-corrected chi connectivity index (χ3v) is 4.58. The zero-order valence-corrected chi connectivity index (χ0v) is 12.5. The monoisotopic (exact) mass is 322 g/mol. The predicted molar refractivity (Wildman–Crippen MR) is 78.1 cm³/mol. The van der Waals surface area contributed by atoms with Crippen LogP contribution in [0, 0.1) is 6.92 Å². The fraction of sp³-hybridized carbons (Fsp3) is 0.0769.